The Hall–Kier alpha value is -2.64. The van der Waals surface area contributed by atoms with Gasteiger partial charge in [0.25, 0.3) is 0 Å². The van der Waals surface area contributed by atoms with Crippen molar-refractivity contribution in [2.24, 2.45) is 5.92 Å². The van der Waals surface area contributed by atoms with Gasteiger partial charge < -0.3 is 20.4 Å². The van der Waals surface area contributed by atoms with E-state index in [9.17, 15) is 9.59 Å². The highest BCUT2D eigenvalue weighted by Gasteiger charge is 2.26. The number of carbonyl (C=O) groups is 2. The Morgan fingerprint density at radius 1 is 1.15 bits per heavy atom. The van der Waals surface area contributed by atoms with E-state index >= 15 is 0 Å². The molecule has 0 spiro atoms. The fraction of sp³-hybridized carbons (Fsp3) is 0.480. The summed E-state index contributed by atoms with van der Waals surface area (Å²) >= 11 is 6.51. The molecule has 5 rings (SSSR count). The molecule has 1 unspecified atom stereocenters. The van der Waals surface area contributed by atoms with Crippen LogP contribution < -0.4 is 15.5 Å². The molecule has 2 fully saturated rings. The second kappa shape index (κ2) is 9.69. The number of nitrogens with one attached hydrogen (secondary N) is 2. The molecule has 1 aromatic carbocycles. The zero-order valence-corrected chi connectivity index (χ0v) is 19.5. The zero-order valence-electron chi connectivity index (χ0n) is 18.8. The highest BCUT2D eigenvalue weighted by molar-refractivity contribution is 6.33. The van der Waals surface area contributed by atoms with Crippen molar-refractivity contribution in [3.8, 4) is 11.1 Å². The van der Waals surface area contributed by atoms with E-state index in [4.69, 9.17) is 11.6 Å². The van der Waals surface area contributed by atoms with E-state index in [1.807, 2.05) is 11.0 Å². The van der Waals surface area contributed by atoms with Crippen LogP contribution >= 0.6 is 11.6 Å². The molecule has 174 valence electrons. The summed E-state index contributed by atoms with van der Waals surface area (Å²) in [4.78, 5) is 33.8. The van der Waals surface area contributed by atoms with Gasteiger partial charge in [-0.3, -0.25) is 9.59 Å². The molecule has 0 radical (unpaired) electrons. The number of aromatic nitrogens is 1. The summed E-state index contributed by atoms with van der Waals surface area (Å²) in [5, 5.41) is 6.76. The Morgan fingerprint density at radius 2 is 2.00 bits per heavy atom. The van der Waals surface area contributed by atoms with Crippen molar-refractivity contribution in [2.75, 3.05) is 49.5 Å². The zero-order chi connectivity index (χ0) is 22.8. The first kappa shape index (κ1) is 22.2. The van der Waals surface area contributed by atoms with Crippen molar-refractivity contribution >= 4 is 34.9 Å². The number of amides is 2. The van der Waals surface area contributed by atoms with E-state index in [1.54, 1.807) is 6.20 Å². The number of hydrogen-bond acceptors (Lipinski definition) is 5. The van der Waals surface area contributed by atoms with Gasteiger partial charge in [-0.2, -0.15) is 0 Å². The normalized spacial score (nSPS) is 20.1. The molecule has 33 heavy (non-hydrogen) atoms. The first-order valence-corrected chi connectivity index (χ1v) is 12.3. The Labute approximate surface area is 199 Å². The van der Waals surface area contributed by atoms with Gasteiger partial charge in [0.2, 0.25) is 11.8 Å². The lowest BCUT2D eigenvalue weighted by atomic mass is 9.99. The molecule has 3 aliphatic rings. The highest BCUT2D eigenvalue weighted by atomic mass is 35.5. The molecule has 1 aromatic heterocycles. The van der Waals surface area contributed by atoms with Crippen molar-refractivity contribution < 1.29 is 9.59 Å². The van der Waals surface area contributed by atoms with Crippen molar-refractivity contribution in [3.63, 3.8) is 0 Å². The minimum absolute atomic E-state index is 0.0106. The maximum absolute atomic E-state index is 12.7. The Bertz CT molecular complexity index is 1050. The van der Waals surface area contributed by atoms with E-state index < -0.39 is 0 Å². The number of benzene rings is 1. The molecular formula is C25H30ClN5O2. The minimum Gasteiger partial charge on any atom is -0.362 e. The van der Waals surface area contributed by atoms with Crippen LogP contribution in [0.3, 0.4) is 0 Å². The maximum Gasteiger partial charge on any atom is 0.242 e. The predicted octanol–water partition coefficient (Wildman–Crippen LogP) is 3.33. The second-order valence-corrected chi connectivity index (χ2v) is 9.59. The van der Waals surface area contributed by atoms with Crippen LogP contribution in [0.5, 0.6) is 0 Å². The van der Waals surface area contributed by atoms with Crippen LogP contribution in [-0.2, 0) is 16.0 Å². The average molecular weight is 468 g/mol. The minimum atomic E-state index is -0.0404. The topological polar surface area (TPSA) is 77.6 Å². The van der Waals surface area contributed by atoms with Crippen LogP contribution in [0.2, 0.25) is 5.02 Å². The molecule has 4 heterocycles. The highest BCUT2D eigenvalue weighted by Crippen LogP contribution is 2.36. The van der Waals surface area contributed by atoms with Crippen molar-refractivity contribution in [1.29, 1.82) is 0 Å². The fourth-order valence-corrected chi connectivity index (χ4v) is 5.25. The van der Waals surface area contributed by atoms with E-state index in [0.717, 1.165) is 75.1 Å². The van der Waals surface area contributed by atoms with E-state index in [2.05, 4.69) is 38.7 Å². The summed E-state index contributed by atoms with van der Waals surface area (Å²) in [7, 11) is 0. The van der Waals surface area contributed by atoms with Gasteiger partial charge in [-0.25, -0.2) is 4.98 Å². The molecule has 1 atom stereocenters. The molecule has 0 aliphatic carbocycles. The Balaban J connectivity index is 1.34. The van der Waals surface area contributed by atoms with Gasteiger partial charge in [0.05, 0.1) is 17.5 Å². The number of pyridine rings is 1. The monoisotopic (exact) mass is 467 g/mol. The number of fused-ring (bicyclic) bond motifs is 1. The van der Waals surface area contributed by atoms with Gasteiger partial charge in [0, 0.05) is 43.6 Å². The largest absolute Gasteiger partial charge is 0.362 e. The summed E-state index contributed by atoms with van der Waals surface area (Å²) in [6.45, 7) is 4.67. The Morgan fingerprint density at radius 3 is 2.79 bits per heavy atom. The third-order valence-corrected chi connectivity index (χ3v) is 7.25. The molecule has 3 aliphatic heterocycles. The average Bonchev–Trinajstić information content (AvgIpc) is 3.51. The number of nitrogens with zero attached hydrogens (tertiary/aromatic N) is 3. The van der Waals surface area contributed by atoms with Crippen molar-refractivity contribution in [2.45, 2.75) is 32.1 Å². The summed E-state index contributed by atoms with van der Waals surface area (Å²) in [5.41, 5.74) is 4.11. The van der Waals surface area contributed by atoms with Crippen molar-refractivity contribution in [1.82, 2.24) is 15.2 Å². The van der Waals surface area contributed by atoms with Gasteiger partial charge in [0.1, 0.15) is 5.82 Å². The molecular weight excluding hydrogens is 438 g/mol. The number of piperidine rings is 1. The smallest absolute Gasteiger partial charge is 0.242 e. The number of carbonyl (C=O) groups excluding carboxylic acids is 2. The number of likely N-dealkylation sites (tertiary alicyclic amines) is 1. The SMILES string of the molecule is O=C(Nc1cc(-c2ccc3c(c2)N(CC(=O)N2CCCC2)CC3)c(Cl)cn1)C1CCCNC1. The maximum atomic E-state index is 12.7. The molecule has 7 nitrogen and oxygen atoms in total. The van der Waals surface area contributed by atoms with Gasteiger partial charge in [-0.15, -0.1) is 0 Å². The molecule has 2 aromatic rings. The standard InChI is InChI=1S/C25H30ClN5O2/c26-21-15-28-23(29-25(33)19-4-3-8-27-14-19)13-20(21)18-6-5-17-7-11-31(22(17)12-18)16-24(32)30-9-1-2-10-30/h5-6,12-13,15,19,27H,1-4,7-11,14,16H2,(H,28,29,33). The molecule has 0 bridgehead atoms. The molecule has 2 saturated heterocycles. The number of hydrogen-bond donors (Lipinski definition) is 2. The quantitative estimate of drug-likeness (QED) is 0.705. The van der Waals surface area contributed by atoms with E-state index in [0.29, 0.717) is 23.9 Å². The predicted molar refractivity (Wildman–Crippen MR) is 131 cm³/mol. The van der Waals surface area contributed by atoms with Gasteiger partial charge in [-0.05, 0) is 61.9 Å². The number of anilines is 2. The summed E-state index contributed by atoms with van der Waals surface area (Å²) < 4.78 is 0. The number of rotatable bonds is 5. The summed E-state index contributed by atoms with van der Waals surface area (Å²) in [6.07, 6.45) is 6.61. The lowest BCUT2D eigenvalue weighted by molar-refractivity contribution is -0.128. The first-order valence-electron chi connectivity index (χ1n) is 11.9. The van der Waals surface area contributed by atoms with Gasteiger partial charge in [0.15, 0.2) is 0 Å². The van der Waals surface area contributed by atoms with Gasteiger partial charge in [-0.1, -0.05) is 23.7 Å². The summed E-state index contributed by atoms with van der Waals surface area (Å²) in [5.74, 6) is 0.659. The molecule has 2 N–H and O–H groups in total. The molecule has 8 heteroatoms. The van der Waals surface area contributed by atoms with Crippen LogP contribution in [0.4, 0.5) is 11.5 Å². The van der Waals surface area contributed by atoms with Crippen LogP contribution in [0.15, 0.2) is 30.5 Å². The summed E-state index contributed by atoms with van der Waals surface area (Å²) in [6, 6.07) is 8.13. The first-order chi connectivity index (χ1) is 16.1. The number of halogens is 1. The Kier molecular flexibility index (Phi) is 6.51. The van der Waals surface area contributed by atoms with Crippen LogP contribution in [0, 0.1) is 5.92 Å². The third kappa shape index (κ3) is 4.84. The van der Waals surface area contributed by atoms with Crippen LogP contribution in [-0.4, -0.2) is 61.0 Å². The third-order valence-electron chi connectivity index (χ3n) is 6.95. The lowest BCUT2D eigenvalue weighted by Gasteiger charge is -2.23. The second-order valence-electron chi connectivity index (χ2n) is 9.18. The van der Waals surface area contributed by atoms with Gasteiger partial charge >= 0.3 is 0 Å². The van der Waals surface area contributed by atoms with E-state index in [-0.39, 0.29) is 17.7 Å². The van der Waals surface area contributed by atoms with E-state index in [1.165, 1.54) is 5.56 Å². The van der Waals surface area contributed by atoms with Crippen LogP contribution in [0.25, 0.3) is 11.1 Å². The molecule has 2 amide bonds. The fourth-order valence-electron chi connectivity index (χ4n) is 5.04. The van der Waals surface area contributed by atoms with Crippen LogP contribution in [0.1, 0.15) is 31.2 Å². The lowest BCUT2D eigenvalue weighted by Crippen LogP contribution is -2.38. The molecule has 0 saturated carbocycles. The van der Waals surface area contributed by atoms with Crippen molar-refractivity contribution in [3.05, 3.63) is 41.0 Å².